The molecule has 0 N–H and O–H groups in total. The Kier molecular flexibility index (Phi) is 4.81. The van der Waals surface area contributed by atoms with Crippen molar-refractivity contribution in [2.75, 3.05) is 32.7 Å². The second kappa shape index (κ2) is 6.68. The fourth-order valence-corrected chi connectivity index (χ4v) is 4.20. The Balaban J connectivity index is 1.47. The minimum atomic E-state index is 0.123. The highest BCUT2D eigenvalue weighted by atomic mass is 16.3. The maximum absolute atomic E-state index is 12.4. The van der Waals surface area contributed by atoms with Crippen molar-refractivity contribution in [2.24, 2.45) is 17.3 Å². The van der Waals surface area contributed by atoms with E-state index in [1.807, 2.05) is 4.90 Å². The molecule has 2 saturated heterocycles. The van der Waals surface area contributed by atoms with Crippen LogP contribution in [0.15, 0.2) is 23.0 Å². The molecule has 2 aliphatic rings. The smallest absolute Gasteiger partial charge is 0.257 e. The summed E-state index contributed by atoms with van der Waals surface area (Å²) >= 11 is 0. The lowest BCUT2D eigenvalue weighted by atomic mass is 9.83. The molecule has 3 heterocycles. The monoisotopic (exact) mass is 318 g/mol. The van der Waals surface area contributed by atoms with E-state index in [1.165, 1.54) is 26.1 Å². The van der Waals surface area contributed by atoms with E-state index in [0.717, 1.165) is 37.8 Å². The molecule has 1 unspecified atom stereocenters. The standard InChI is InChI=1S/C19H30N2O2/c1-19(2,3)14-20-8-4-16(12-20)15-5-9-21(10-6-15)18(22)17-7-11-23-13-17/h7,11,13,15-16H,4-6,8-10,12,14H2,1-3H3. The molecule has 1 aromatic heterocycles. The van der Waals surface area contributed by atoms with E-state index in [-0.39, 0.29) is 5.91 Å². The molecule has 4 heteroatoms. The number of amides is 1. The molecule has 0 spiro atoms. The van der Waals surface area contributed by atoms with Gasteiger partial charge in [0.25, 0.3) is 5.91 Å². The maximum Gasteiger partial charge on any atom is 0.257 e. The first kappa shape index (κ1) is 16.6. The Morgan fingerprint density at radius 2 is 1.87 bits per heavy atom. The van der Waals surface area contributed by atoms with Crippen LogP contribution in [-0.4, -0.2) is 48.4 Å². The van der Waals surface area contributed by atoms with Gasteiger partial charge >= 0.3 is 0 Å². The van der Waals surface area contributed by atoms with Crippen molar-refractivity contribution in [1.29, 1.82) is 0 Å². The topological polar surface area (TPSA) is 36.7 Å². The van der Waals surface area contributed by atoms with Crippen molar-refractivity contribution in [3.8, 4) is 0 Å². The van der Waals surface area contributed by atoms with Gasteiger partial charge in [-0.05, 0) is 49.1 Å². The third-order valence-electron chi connectivity index (χ3n) is 5.27. The number of hydrogen-bond acceptors (Lipinski definition) is 3. The third-order valence-corrected chi connectivity index (χ3v) is 5.27. The lowest BCUT2D eigenvalue weighted by Gasteiger charge is -2.35. The molecule has 0 aliphatic carbocycles. The molecule has 2 fully saturated rings. The average molecular weight is 318 g/mol. The van der Waals surface area contributed by atoms with E-state index >= 15 is 0 Å². The van der Waals surface area contributed by atoms with Gasteiger partial charge in [0.05, 0.1) is 11.8 Å². The number of piperidine rings is 1. The number of rotatable bonds is 3. The van der Waals surface area contributed by atoms with Gasteiger partial charge in [0.1, 0.15) is 6.26 Å². The van der Waals surface area contributed by atoms with Gasteiger partial charge in [-0.2, -0.15) is 0 Å². The Morgan fingerprint density at radius 1 is 1.17 bits per heavy atom. The highest BCUT2D eigenvalue weighted by Gasteiger charge is 2.34. The van der Waals surface area contributed by atoms with Crippen LogP contribution in [0.3, 0.4) is 0 Å². The second-order valence-corrected chi connectivity index (χ2v) is 8.49. The minimum absolute atomic E-state index is 0.123. The Bertz CT molecular complexity index is 510. The maximum atomic E-state index is 12.4. The summed E-state index contributed by atoms with van der Waals surface area (Å²) in [6.45, 7) is 12.4. The van der Waals surface area contributed by atoms with Gasteiger partial charge in [0.2, 0.25) is 0 Å². The van der Waals surface area contributed by atoms with E-state index < -0.39 is 0 Å². The van der Waals surface area contributed by atoms with Gasteiger partial charge in [-0.1, -0.05) is 20.8 Å². The molecule has 3 rings (SSSR count). The summed E-state index contributed by atoms with van der Waals surface area (Å²) in [7, 11) is 0. The van der Waals surface area contributed by atoms with Crippen molar-refractivity contribution >= 4 is 5.91 Å². The van der Waals surface area contributed by atoms with Crippen LogP contribution < -0.4 is 0 Å². The molecule has 23 heavy (non-hydrogen) atoms. The van der Waals surface area contributed by atoms with Crippen molar-refractivity contribution in [2.45, 2.75) is 40.0 Å². The molecular weight excluding hydrogens is 288 g/mol. The third kappa shape index (κ3) is 4.17. The zero-order valence-electron chi connectivity index (χ0n) is 14.8. The summed E-state index contributed by atoms with van der Waals surface area (Å²) in [6, 6.07) is 1.76. The normalized spacial score (nSPS) is 24.3. The van der Waals surface area contributed by atoms with Crippen LogP contribution in [0.25, 0.3) is 0 Å². The van der Waals surface area contributed by atoms with Gasteiger partial charge in [-0.25, -0.2) is 0 Å². The van der Waals surface area contributed by atoms with E-state index in [0.29, 0.717) is 11.0 Å². The highest BCUT2D eigenvalue weighted by Crippen LogP contribution is 2.33. The second-order valence-electron chi connectivity index (χ2n) is 8.49. The summed E-state index contributed by atoms with van der Waals surface area (Å²) in [4.78, 5) is 17.0. The first-order chi connectivity index (χ1) is 10.9. The summed E-state index contributed by atoms with van der Waals surface area (Å²) in [5.41, 5.74) is 1.07. The quantitative estimate of drug-likeness (QED) is 0.856. The molecule has 4 nitrogen and oxygen atoms in total. The van der Waals surface area contributed by atoms with E-state index in [2.05, 4.69) is 25.7 Å². The minimum Gasteiger partial charge on any atom is -0.472 e. The fourth-order valence-electron chi connectivity index (χ4n) is 4.20. The van der Waals surface area contributed by atoms with Gasteiger partial charge in [0, 0.05) is 26.2 Å². The van der Waals surface area contributed by atoms with Crippen LogP contribution in [-0.2, 0) is 0 Å². The van der Waals surface area contributed by atoms with Gasteiger partial charge < -0.3 is 14.2 Å². The lowest BCUT2D eigenvalue weighted by molar-refractivity contribution is 0.0656. The number of likely N-dealkylation sites (tertiary alicyclic amines) is 2. The van der Waals surface area contributed by atoms with Crippen LogP contribution in [0.5, 0.6) is 0 Å². The largest absolute Gasteiger partial charge is 0.472 e. The van der Waals surface area contributed by atoms with Crippen molar-refractivity contribution in [1.82, 2.24) is 9.80 Å². The van der Waals surface area contributed by atoms with E-state index in [9.17, 15) is 4.79 Å². The average Bonchev–Trinajstić information content (AvgIpc) is 3.16. The van der Waals surface area contributed by atoms with Crippen LogP contribution in [0.4, 0.5) is 0 Å². The number of hydrogen-bond donors (Lipinski definition) is 0. The zero-order valence-corrected chi connectivity index (χ0v) is 14.8. The summed E-state index contributed by atoms with van der Waals surface area (Å²) in [6.07, 6.45) is 6.75. The molecule has 1 amide bonds. The van der Waals surface area contributed by atoms with Crippen molar-refractivity contribution in [3.63, 3.8) is 0 Å². The molecule has 0 saturated carbocycles. The van der Waals surface area contributed by atoms with E-state index in [1.54, 1.807) is 18.6 Å². The van der Waals surface area contributed by atoms with Crippen LogP contribution >= 0.6 is 0 Å². The number of carbonyl (C=O) groups excluding carboxylic acids is 1. The van der Waals surface area contributed by atoms with Crippen LogP contribution in [0.1, 0.15) is 50.4 Å². The van der Waals surface area contributed by atoms with Gasteiger partial charge in [-0.15, -0.1) is 0 Å². The summed E-state index contributed by atoms with van der Waals surface area (Å²) in [5.74, 6) is 1.73. The molecule has 1 aromatic rings. The molecule has 2 aliphatic heterocycles. The molecular formula is C19H30N2O2. The highest BCUT2D eigenvalue weighted by molar-refractivity contribution is 5.93. The Morgan fingerprint density at radius 3 is 2.48 bits per heavy atom. The molecule has 0 radical (unpaired) electrons. The van der Waals surface area contributed by atoms with Crippen molar-refractivity contribution in [3.05, 3.63) is 24.2 Å². The molecule has 128 valence electrons. The summed E-state index contributed by atoms with van der Waals surface area (Å²) in [5, 5.41) is 0. The van der Waals surface area contributed by atoms with Gasteiger partial charge in [-0.3, -0.25) is 4.79 Å². The first-order valence-corrected chi connectivity index (χ1v) is 8.96. The number of nitrogens with zero attached hydrogens (tertiary/aromatic N) is 2. The van der Waals surface area contributed by atoms with Crippen molar-refractivity contribution < 1.29 is 9.21 Å². The number of carbonyl (C=O) groups is 1. The van der Waals surface area contributed by atoms with Crippen LogP contribution in [0.2, 0.25) is 0 Å². The summed E-state index contributed by atoms with van der Waals surface area (Å²) < 4.78 is 5.03. The molecule has 1 atom stereocenters. The SMILES string of the molecule is CC(C)(C)CN1CCC(C2CCN(C(=O)c3ccoc3)CC2)C1. The zero-order chi connectivity index (χ0) is 16.4. The number of furan rings is 1. The Hall–Kier alpha value is -1.29. The predicted octanol–water partition coefficient (Wildman–Crippen LogP) is 3.50. The molecule has 0 aromatic carbocycles. The predicted molar refractivity (Wildman–Crippen MR) is 91.3 cm³/mol. The lowest BCUT2D eigenvalue weighted by Crippen LogP contribution is -2.40. The Labute approximate surface area is 139 Å². The molecule has 0 bridgehead atoms. The fraction of sp³-hybridized carbons (Fsp3) is 0.737. The van der Waals surface area contributed by atoms with Gasteiger partial charge in [0.15, 0.2) is 0 Å². The van der Waals surface area contributed by atoms with E-state index in [4.69, 9.17) is 4.42 Å². The first-order valence-electron chi connectivity index (χ1n) is 8.96. The van der Waals surface area contributed by atoms with Crippen LogP contribution in [0, 0.1) is 17.3 Å².